The first-order chi connectivity index (χ1) is 16.0. The van der Waals surface area contributed by atoms with Crippen molar-refractivity contribution in [1.29, 1.82) is 0 Å². The van der Waals surface area contributed by atoms with Gasteiger partial charge in [-0.05, 0) is 58.4 Å². The third-order valence-electron chi connectivity index (χ3n) is 4.75. The molecule has 0 saturated carbocycles. The van der Waals surface area contributed by atoms with Crippen molar-refractivity contribution < 1.29 is 23.9 Å². The molecule has 1 unspecified atom stereocenters. The van der Waals surface area contributed by atoms with Crippen molar-refractivity contribution in [1.82, 2.24) is 15.3 Å². The van der Waals surface area contributed by atoms with Crippen molar-refractivity contribution in [2.45, 2.75) is 52.2 Å². The number of aromatic nitrogens is 2. The molecule has 1 aromatic heterocycles. The number of carbonyl (C=O) groups is 3. The molecule has 1 aromatic carbocycles. The zero-order chi connectivity index (χ0) is 24.9. The molecule has 10 nitrogen and oxygen atoms in total. The second kappa shape index (κ2) is 10.3. The molecule has 34 heavy (non-hydrogen) atoms. The molecule has 0 radical (unpaired) electrons. The zero-order valence-electron chi connectivity index (χ0n) is 19.9. The third kappa shape index (κ3) is 6.77. The summed E-state index contributed by atoms with van der Waals surface area (Å²) >= 11 is 0. The largest absolute Gasteiger partial charge is 0.453 e. The summed E-state index contributed by atoms with van der Waals surface area (Å²) in [6, 6.07) is 6.33. The van der Waals surface area contributed by atoms with Gasteiger partial charge in [-0.1, -0.05) is 12.2 Å². The molecule has 3 amide bonds. The quantitative estimate of drug-likeness (QED) is 0.555. The van der Waals surface area contributed by atoms with E-state index in [0.29, 0.717) is 40.6 Å². The van der Waals surface area contributed by atoms with Gasteiger partial charge >= 0.3 is 12.2 Å². The number of rotatable bonds is 2. The Morgan fingerprint density at radius 3 is 2.59 bits per heavy atom. The van der Waals surface area contributed by atoms with E-state index in [9.17, 15) is 14.4 Å². The normalized spacial score (nSPS) is 15.7. The minimum absolute atomic E-state index is 0.126. The van der Waals surface area contributed by atoms with Gasteiger partial charge in [-0.2, -0.15) is 0 Å². The molecule has 0 spiro atoms. The number of benzene rings is 1. The van der Waals surface area contributed by atoms with Crippen molar-refractivity contribution >= 4 is 29.5 Å². The van der Waals surface area contributed by atoms with Crippen LogP contribution in [0.5, 0.6) is 0 Å². The van der Waals surface area contributed by atoms with E-state index in [-0.39, 0.29) is 12.3 Å². The number of ether oxygens (including phenoxy) is 2. The number of hydrogen-bond acceptors (Lipinski definition) is 7. The molecule has 0 aliphatic carbocycles. The van der Waals surface area contributed by atoms with Crippen LogP contribution in [0.2, 0.25) is 0 Å². The number of methoxy groups -OCH3 is 1. The Bertz CT molecular complexity index is 1120. The molecular weight excluding hydrogens is 438 g/mol. The van der Waals surface area contributed by atoms with Gasteiger partial charge in [0, 0.05) is 17.7 Å². The molecule has 2 bridgehead atoms. The fourth-order valence-corrected chi connectivity index (χ4v) is 3.35. The summed E-state index contributed by atoms with van der Waals surface area (Å²) in [4.78, 5) is 45.7. The number of amides is 3. The molecule has 3 rings (SSSR count). The molecule has 1 atom stereocenters. The molecule has 1 aliphatic heterocycles. The molecule has 3 N–H and O–H groups in total. The highest BCUT2D eigenvalue weighted by molar-refractivity contribution is 5.97. The van der Waals surface area contributed by atoms with Crippen molar-refractivity contribution in [2.75, 3.05) is 17.7 Å². The van der Waals surface area contributed by atoms with Crippen LogP contribution in [-0.4, -0.2) is 40.8 Å². The Hall–Kier alpha value is -3.95. The van der Waals surface area contributed by atoms with Crippen LogP contribution in [0.25, 0.3) is 11.3 Å². The van der Waals surface area contributed by atoms with Crippen LogP contribution in [0.15, 0.2) is 36.4 Å². The molecule has 10 heteroatoms. The SMILES string of the molecule is COC(=O)Nc1ccc2c(c1)NC(=O)CC=CCC(NC(=O)OC(C)(C)C)c1cc-2nc(C)n1. The van der Waals surface area contributed by atoms with Gasteiger partial charge in [0.15, 0.2) is 0 Å². The fraction of sp³-hybridized carbons (Fsp3) is 0.375. The van der Waals surface area contributed by atoms with Gasteiger partial charge in [-0.25, -0.2) is 19.6 Å². The number of nitrogens with zero attached hydrogens (tertiary/aromatic N) is 2. The van der Waals surface area contributed by atoms with Gasteiger partial charge in [0.1, 0.15) is 11.4 Å². The third-order valence-corrected chi connectivity index (χ3v) is 4.75. The highest BCUT2D eigenvalue weighted by Crippen LogP contribution is 2.32. The predicted molar refractivity (Wildman–Crippen MR) is 127 cm³/mol. The van der Waals surface area contributed by atoms with E-state index >= 15 is 0 Å². The minimum Gasteiger partial charge on any atom is -0.453 e. The molecule has 0 saturated heterocycles. The summed E-state index contributed by atoms with van der Waals surface area (Å²) in [5.74, 6) is 0.259. The van der Waals surface area contributed by atoms with E-state index in [1.54, 1.807) is 58.0 Å². The lowest BCUT2D eigenvalue weighted by Crippen LogP contribution is -2.35. The number of alkyl carbamates (subject to hydrolysis) is 1. The number of anilines is 2. The van der Waals surface area contributed by atoms with E-state index < -0.39 is 23.8 Å². The van der Waals surface area contributed by atoms with Gasteiger partial charge in [-0.15, -0.1) is 0 Å². The number of carbonyl (C=O) groups excluding carboxylic acids is 3. The number of aryl methyl sites for hydroxylation is 1. The number of nitrogens with one attached hydrogen (secondary N) is 3. The molecule has 0 fully saturated rings. The molecular formula is C24H29N5O5. The number of hydrogen-bond donors (Lipinski definition) is 3. The van der Waals surface area contributed by atoms with Crippen LogP contribution in [-0.2, 0) is 14.3 Å². The highest BCUT2D eigenvalue weighted by atomic mass is 16.6. The maximum atomic E-state index is 12.6. The summed E-state index contributed by atoms with van der Waals surface area (Å²) in [6.07, 6.45) is 2.90. The second-order valence-corrected chi connectivity index (χ2v) is 8.76. The first-order valence-electron chi connectivity index (χ1n) is 10.8. The number of fused-ring (bicyclic) bond motifs is 4. The average Bonchev–Trinajstić information content (AvgIpc) is 2.73. The Balaban J connectivity index is 2.05. The van der Waals surface area contributed by atoms with Gasteiger partial charge in [0.25, 0.3) is 0 Å². The Kier molecular flexibility index (Phi) is 7.50. The van der Waals surface area contributed by atoms with Gasteiger partial charge in [0.2, 0.25) is 5.91 Å². The van der Waals surface area contributed by atoms with E-state index in [2.05, 4.69) is 30.7 Å². The van der Waals surface area contributed by atoms with Crippen molar-refractivity contribution in [3.63, 3.8) is 0 Å². The summed E-state index contributed by atoms with van der Waals surface area (Å²) in [6.45, 7) is 7.13. The lowest BCUT2D eigenvalue weighted by atomic mass is 10.0. The van der Waals surface area contributed by atoms with Crippen molar-refractivity contribution in [3.8, 4) is 11.3 Å². The lowest BCUT2D eigenvalue weighted by Gasteiger charge is -2.23. The van der Waals surface area contributed by atoms with Gasteiger partial charge < -0.3 is 20.1 Å². The summed E-state index contributed by atoms with van der Waals surface area (Å²) in [5.41, 5.74) is 2.06. The maximum absolute atomic E-state index is 12.6. The summed E-state index contributed by atoms with van der Waals surface area (Å²) < 4.78 is 10.1. The zero-order valence-corrected chi connectivity index (χ0v) is 19.9. The van der Waals surface area contributed by atoms with Crippen molar-refractivity contribution in [2.24, 2.45) is 0 Å². The smallest absolute Gasteiger partial charge is 0.411 e. The summed E-state index contributed by atoms with van der Waals surface area (Å²) in [7, 11) is 1.27. The lowest BCUT2D eigenvalue weighted by molar-refractivity contribution is -0.115. The molecule has 1 aliphatic rings. The molecule has 180 valence electrons. The fourth-order valence-electron chi connectivity index (χ4n) is 3.35. The van der Waals surface area contributed by atoms with E-state index in [1.165, 1.54) is 7.11 Å². The minimum atomic E-state index is -0.648. The average molecular weight is 468 g/mol. The molecule has 2 heterocycles. The van der Waals surface area contributed by atoms with Crippen LogP contribution >= 0.6 is 0 Å². The van der Waals surface area contributed by atoms with Crippen molar-refractivity contribution in [3.05, 3.63) is 47.9 Å². The maximum Gasteiger partial charge on any atom is 0.411 e. The van der Waals surface area contributed by atoms with E-state index in [0.717, 1.165) is 0 Å². The van der Waals surface area contributed by atoms with Gasteiger partial charge in [-0.3, -0.25) is 10.1 Å². The van der Waals surface area contributed by atoms with Crippen LogP contribution in [0, 0.1) is 6.92 Å². The summed E-state index contributed by atoms with van der Waals surface area (Å²) in [5, 5.41) is 8.33. The monoisotopic (exact) mass is 467 g/mol. The topological polar surface area (TPSA) is 132 Å². The Labute approximate surface area is 198 Å². The standard InChI is InChI=1S/C24H29N5O5/c1-14-25-19-13-20(26-14)17(29-23(32)34-24(2,3)4)8-6-7-9-21(30)28-18-12-15(10-11-16(18)19)27-22(31)33-5/h6-7,10-13,17H,8-9H2,1-5H3,(H,27,31)(H,28,30)(H,29,32). The highest BCUT2D eigenvalue weighted by Gasteiger charge is 2.23. The van der Waals surface area contributed by atoms with Crippen LogP contribution in [0.1, 0.15) is 51.2 Å². The first-order valence-corrected chi connectivity index (χ1v) is 10.8. The van der Waals surface area contributed by atoms with Crippen LogP contribution in [0.3, 0.4) is 0 Å². The predicted octanol–water partition coefficient (Wildman–Crippen LogP) is 4.48. The Morgan fingerprint density at radius 2 is 1.88 bits per heavy atom. The van der Waals surface area contributed by atoms with Gasteiger partial charge in [0.05, 0.1) is 30.2 Å². The first kappa shape index (κ1) is 24.7. The van der Waals surface area contributed by atoms with E-state index in [4.69, 9.17) is 4.74 Å². The van der Waals surface area contributed by atoms with Crippen LogP contribution in [0.4, 0.5) is 21.0 Å². The Morgan fingerprint density at radius 1 is 1.12 bits per heavy atom. The van der Waals surface area contributed by atoms with E-state index in [1.807, 2.05) is 6.08 Å². The molecule has 2 aromatic rings. The van der Waals surface area contributed by atoms with Crippen LogP contribution < -0.4 is 16.0 Å². The second-order valence-electron chi connectivity index (χ2n) is 8.76.